The van der Waals surface area contributed by atoms with Gasteiger partial charge in [0, 0.05) is 0 Å². The number of hydrogen-bond donors (Lipinski definition) is 3. The molecule has 0 fully saturated rings. The third-order valence-corrected chi connectivity index (χ3v) is 11.8. The molecule has 0 saturated heterocycles. The van der Waals surface area contributed by atoms with Crippen LogP contribution in [0.15, 0.2) is 140 Å². The highest BCUT2D eigenvalue weighted by atomic mass is 19.1. The molecule has 3 N–H and O–H groups in total. The molecule has 96 heavy (non-hydrogen) atoms. The van der Waals surface area contributed by atoms with Gasteiger partial charge in [0.15, 0.2) is 23.1 Å². The number of carbonyl (C=O) groups excluding carboxylic acids is 5. The molecule has 0 atom stereocenters. The van der Waals surface area contributed by atoms with Gasteiger partial charge >= 0.3 is 41.8 Å². The van der Waals surface area contributed by atoms with Crippen molar-refractivity contribution in [3.63, 3.8) is 0 Å². The molecule has 0 radical (unpaired) electrons. The highest BCUT2D eigenvalue weighted by molar-refractivity contribution is 5.97. The topological polar surface area (TPSA) is 291 Å². The van der Waals surface area contributed by atoms with E-state index in [1.54, 1.807) is 72.8 Å². The molecule has 0 bridgehead atoms. The minimum Gasteiger partial charge on any atom is -0.491 e. The second kappa shape index (κ2) is 40.4. The van der Waals surface area contributed by atoms with Crippen LogP contribution in [0.1, 0.15) is 158 Å². The first kappa shape index (κ1) is 79.5. The molecule has 22 nitrogen and oxygen atoms in total. The first-order chi connectivity index (χ1) is 45.4. The zero-order chi connectivity index (χ0) is 71.8. The molecule has 7 rings (SSSR count). The van der Waals surface area contributed by atoms with E-state index in [1.807, 2.05) is 69.2 Å². The van der Waals surface area contributed by atoms with Gasteiger partial charge in [0.1, 0.15) is 42.0 Å². The summed E-state index contributed by atoms with van der Waals surface area (Å²) in [5, 5.41) is 27.1. The standard InChI is InChI=1S/C18H19FO4.C17H17FO4.C13H16O5.C12H14O5.C12H16O4/c1-12(2)23-15-9-13(8-14(10-15)18(20)21-3)11-22-17-7-5-4-6-16(17)19;1-11(2)22-14-8-12(7-13(9-14)17(19)20)10-21-16-6-4-3-5-15(16)18;1-8(2)18-11-6-9(12(14)16-3)5-10(7-11)13(15)17-4;1-7(2)17-10-5-8(11(13)14)4-9(6-10)12(15)16-3;1-8(2)16-11-5-9(7-13)4-10(6-11)12(14)15-3/h4-10,12H,11H2,1-3H3;3-9,11H,10H2,1-2H3,(H,19,20);5-8H,1-4H3;4-7H,1-3H3,(H,13,14);4-6,8,13H,7H2,1-3H3. The number of carboxylic acids is 2. The quantitative estimate of drug-likeness (QED) is 0.0374. The van der Waals surface area contributed by atoms with Gasteiger partial charge in [-0.3, -0.25) is 0 Å². The molecule has 7 aromatic rings. The predicted molar refractivity (Wildman–Crippen MR) is 349 cm³/mol. The lowest BCUT2D eigenvalue weighted by Gasteiger charge is -2.13. The number of halogens is 2. The number of para-hydroxylation sites is 2. The van der Waals surface area contributed by atoms with Crippen LogP contribution in [0.4, 0.5) is 8.78 Å². The summed E-state index contributed by atoms with van der Waals surface area (Å²) in [4.78, 5) is 79.5. The molecular formula is C72H82F2O22. The van der Waals surface area contributed by atoms with Crippen LogP contribution in [0, 0.1) is 11.6 Å². The minimum atomic E-state index is -1.12. The lowest BCUT2D eigenvalue weighted by Crippen LogP contribution is -2.10. The molecule has 0 amide bonds. The fourth-order valence-electron chi connectivity index (χ4n) is 8.01. The maximum atomic E-state index is 13.6. The van der Waals surface area contributed by atoms with Crippen LogP contribution in [-0.4, -0.2) is 123 Å². The van der Waals surface area contributed by atoms with Crippen LogP contribution in [0.25, 0.3) is 0 Å². The zero-order valence-corrected chi connectivity index (χ0v) is 56.1. The van der Waals surface area contributed by atoms with Crippen molar-refractivity contribution in [2.75, 3.05) is 35.5 Å². The van der Waals surface area contributed by atoms with E-state index in [0.29, 0.717) is 56.6 Å². The van der Waals surface area contributed by atoms with E-state index in [1.165, 1.54) is 102 Å². The van der Waals surface area contributed by atoms with E-state index < -0.39 is 53.4 Å². The Balaban J connectivity index is 0.000000315. The van der Waals surface area contributed by atoms with Gasteiger partial charge in [-0.15, -0.1) is 0 Å². The van der Waals surface area contributed by atoms with Gasteiger partial charge in [-0.2, -0.15) is 0 Å². The Kier molecular flexibility index (Phi) is 33.4. The number of carbonyl (C=O) groups is 7. The Labute approximate surface area is 556 Å². The third-order valence-electron chi connectivity index (χ3n) is 11.8. The number of esters is 5. The fraction of sp³-hybridized carbons (Fsp3) is 0.319. The molecule has 7 aromatic carbocycles. The highest BCUT2D eigenvalue weighted by Gasteiger charge is 2.18. The van der Waals surface area contributed by atoms with Crippen molar-refractivity contribution in [1.29, 1.82) is 0 Å². The average Bonchev–Trinajstić information content (AvgIpc) is 1.05. The number of aliphatic hydroxyl groups excluding tert-OH is 1. The third kappa shape index (κ3) is 28.2. The summed E-state index contributed by atoms with van der Waals surface area (Å²) in [5.41, 5.74) is 3.38. The summed E-state index contributed by atoms with van der Waals surface area (Å²) in [5.74, 6) is -3.07. The molecule has 0 saturated carbocycles. The van der Waals surface area contributed by atoms with E-state index in [4.69, 9.17) is 53.2 Å². The van der Waals surface area contributed by atoms with Crippen LogP contribution >= 0.6 is 0 Å². The number of carboxylic acid groups (broad SMARTS) is 2. The molecule has 0 aliphatic carbocycles. The Hall–Kier alpha value is -10.8. The number of aromatic carboxylic acids is 2. The zero-order valence-electron chi connectivity index (χ0n) is 56.1. The predicted octanol–water partition coefficient (Wildman–Crippen LogP) is 13.6. The van der Waals surface area contributed by atoms with Gasteiger partial charge in [-0.25, -0.2) is 42.3 Å². The summed E-state index contributed by atoms with van der Waals surface area (Å²) in [6, 6.07) is 35.3. The second-order valence-electron chi connectivity index (χ2n) is 21.6. The van der Waals surface area contributed by atoms with Gasteiger partial charge in [-0.05, 0) is 201 Å². The Morgan fingerprint density at radius 1 is 0.333 bits per heavy atom. The lowest BCUT2D eigenvalue weighted by atomic mass is 10.1. The highest BCUT2D eigenvalue weighted by Crippen LogP contribution is 2.27. The van der Waals surface area contributed by atoms with Crippen molar-refractivity contribution in [1.82, 2.24) is 0 Å². The van der Waals surface area contributed by atoms with E-state index in [0.717, 1.165) is 0 Å². The smallest absolute Gasteiger partial charge is 0.338 e. The number of rotatable bonds is 24. The van der Waals surface area contributed by atoms with Crippen molar-refractivity contribution < 1.29 is 115 Å². The molecule has 0 heterocycles. The number of aliphatic hydroxyl groups is 1. The number of benzene rings is 7. The molecule has 0 aromatic heterocycles. The average molecular weight is 1340 g/mol. The fourth-order valence-corrected chi connectivity index (χ4v) is 8.01. The summed E-state index contributed by atoms with van der Waals surface area (Å²) < 4.78 is 88.6. The Morgan fingerprint density at radius 3 is 0.833 bits per heavy atom. The van der Waals surface area contributed by atoms with Gasteiger partial charge < -0.3 is 72.2 Å². The van der Waals surface area contributed by atoms with E-state index in [-0.39, 0.29) is 89.7 Å². The molecule has 0 aliphatic rings. The first-order valence-electron chi connectivity index (χ1n) is 29.7. The first-order valence-corrected chi connectivity index (χ1v) is 29.7. The SMILES string of the molecule is CC(C)Oc1cc(COc2ccccc2F)cc(C(=O)O)c1.COC(=O)c1cc(CO)cc(OC(C)C)c1.COC(=O)c1cc(COc2ccccc2F)cc(OC(C)C)c1.COC(=O)c1cc(OC(C)C)cc(C(=O)O)c1.COC(=O)c1cc(OC(C)C)cc(C(=O)OC)c1. The molecule has 0 unspecified atom stereocenters. The van der Waals surface area contributed by atoms with Gasteiger partial charge in [0.05, 0.1) is 112 Å². The van der Waals surface area contributed by atoms with Crippen LogP contribution in [0.5, 0.6) is 40.2 Å². The Bertz CT molecular complexity index is 3680. The maximum Gasteiger partial charge on any atom is 0.338 e. The largest absolute Gasteiger partial charge is 0.491 e. The van der Waals surface area contributed by atoms with E-state index in [9.17, 15) is 42.3 Å². The molecule has 0 spiro atoms. The summed E-state index contributed by atoms with van der Waals surface area (Å²) in [6.07, 6.45) is -0.278. The van der Waals surface area contributed by atoms with Crippen LogP contribution in [-0.2, 0) is 43.5 Å². The van der Waals surface area contributed by atoms with Crippen molar-refractivity contribution in [2.45, 2.75) is 120 Å². The molecular weight excluding hydrogens is 1250 g/mol. The van der Waals surface area contributed by atoms with E-state index >= 15 is 0 Å². The lowest BCUT2D eigenvalue weighted by molar-refractivity contribution is 0.0583. The maximum absolute atomic E-state index is 13.6. The normalized spacial score (nSPS) is 10.3. The summed E-state index contributed by atoms with van der Waals surface area (Å²) >= 11 is 0. The van der Waals surface area contributed by atoms with Crippen LogP contribution in [0.3, 0.4) is 0 Å². The minimum absolute atomic E-state index is 0.0106. The van der Waals surface area contributed by atoms with Crippen molar-refractivity contribution in [3.8, 4) is 40.2 Å². The molecule has 24 heteroatoms. The van der Waals surface area contributed by atoms with Gasteiger partial charge in [-0.1, -0.05) is 24.3 Å². The van der Waals surface area contributed by atoms with E-state index in [2.05, 4.69) is 18.9 Å². The summed E-state index contributed by atoms with van der Waals surface area (Å²) in [6.45, 7) is 18.6. The molecule has 0 aliphatic heterocycles. The number of hydrogen-bond acceptors (Lipinski definition) is 20. The van der Waals surface area contributed by atoms with Crippen molar-refractivity contribution >= 4 is 41.8 Å². The summed E-state index contributed by atoms with van der Waals surface area (Å²) in [7, 11) is 6.41. The van der Waals surface area contributed by atoms with Crippen molar-refractivity contribution in [3.05, 3.63) is 207 Å². The number of ether oxygens (including phenoxy) is 12. The van der Waals surface area contributed by atoms with Gasteiger partial charge in [0.2, 0.25) is 0 Å². The van der Waals surface area contributed by atoms with Crippen molar-refractivity contribution in [2.24, 2.45) is 0 Å². The van der Waals surface area contributed by atoms with Crippen LogP contribution < -0.4 is 33.2 Å². The monoisotopic (exact) mass is 1340 g/mol. The Morgan fingerprint density at radius 2 is 0.562 bits per heavy atom. The van der Waals surface area contributed by atoms with Crippen LogP contribution in [0.2, 0.25) is 0 Å². The second-order valence-corrected chi connectivity index (χ2v) is 21.6. The molecule has 516 valence electrons. The number of methoxy groups -OCH3 is 5. The van der Waals surface area contributed by atoms with Gasteiger partial charge in [0.25, 0.3) is 0 Å².